The molecule has 0 atom stereocenters. The number of hydrogen-bond donors (Lipinski definition) is 2. The highest BCUT2D eigenvalue weighted by Crippen LogP contribution is 2.26. The standard InChI is InChI=1S/C19H28N4S.HI/c1-19(2,17-7-6-12-24-17)14-22-18(20-3)21-13-15-8-10-16(11-9-15)23(4)5;/h6-12H,13-14H2,1-5H3,(H2,20,21,22);1H. The minimum absolute atomic E-state index is 0. The first-order chi connectivity index (χ1) is 11.4. The van der Waals surface area contributed by atoms with E-state index >= 15 is 0 Å². The summed E-state index contributed by atoms with van der Waals surface area (Å²) < 4.78 is 0. The number of anilines is 1. The molecule has 2 N–H and O–H groups in total. The van der Waals surface area contributed by atoms with Gasteiger partial charge in [-0.3, -0.25) is 4.99 Å². The highest BCUT2D eigenvalue weighted by Gasteiger charge is 2.21. The van der Waals surface area contributed by atoms with Gasteiger partial charge in [-0.15, -0.1) is 35.3 Å². The van der Waals surface area contributed by atoms with Gasteiger partial charge in [-0.1, -0.05) is 32.0 Å². The second-order valence-electron chi connectivity index (χ2n) is 6.70. The maximum Gasteiger partial charge on any atom is 0.191 e. The van der Waals surface area contributed by atoms with Gasteiger partial charge in [0.25, 0.3) is 0 Å². The van der Waals surface area contributed by atoms with Gasteiger partial charge in [0.15, 0.2) is 5.96 Å². The van der Waals surface area contributed by atoms with Gasteiger partial charge in [-0.2, -0.15) is 0 Å². The zero-order chi connectivity index (χ0) is 17.6. The Morgan fingerprint density at radius 1 is 1.12 bits per heavy atom. The number of nitrogens with zero attached hydrogens (tertiary/aromatic N) is 2. The molecule has 1 aromatic heterocycles. The molecule has 6 heteroatoms. The fourth-order valence-electron chi connectivity index (χ4n) is 2.37. The lowest BCUT2D eigenvalue weighted by molar-refractivity contribution is 0.518. The van der Waals surface area contributed by atoms with Crippen molar-refractivity contribution in [2.24, 2.45) is 4.99 Å². The molecule has 0 fully saturated rings. The number of rotatable bonds is 6. The van der Waals surface area contributed by atoms with Crippen molar-refractivity contribution in [1.82, 2.24) is 10.6 Å². The molecule has 138 valence electrons. The molecule has 0 saturated carbocycles. The molecule has 1 heterocycles. The van der Waals surface area contributed by atoms with Crippen LogP contribution in [0.5, 0.6) is 0 Å². The summed E-state index contributed by atoms with van der Waals surface area (Å²) in [6.45, 7) is 6.09. The van der Waals surface area contributed by atoms with Gasteiger partial charge in [-0.25, -0.2) is 0 Å². The molecule has 0 aliphatic carbocycles. The molecule has 0 saturated heterocycles. The Morgan fingerprint density at radius 3 is 2.32 bits per heavy atom. The van der Waals surface area contributed by atoms with Crippen molar-refractivity contribution in [2.75, 3.05) is 32.6 Å². The predicted molar refractivity (Wildman–Crippen MR) is 122 cm³/mol. The van der Waals surface area contributed by atoms with Crippen molar-refractivity contribution in [3.63, 3.8) is 0 Å². The minimum atomic E-state index is 0. The van der Waals surface area contributed by atoms with Crippen molar-refractivity contribution in [1.29, 1.82) is 0 Å². The first-order valence-corrected chi connectivity index (χ1v) is 9.05. The Bertz CT molecular complexity index is 649. The number of nitrogens with one attached hydrogen (secondary N) is 2. The van der Waals surface area contributed by atoms with Crippen LogP contribution in [-0.2, 0) is 12.0 Å². The van der Waals surface area contributed by atoms with E-state index in [1.807, 2.05) is 21.1 Å². The summed E-state index contributed by atoms with van der Waals surface area (Å²) in [5.74, 6) is 0.830. The molecule has 0 radical (unpaired) electrons. The van der Waals surface area contributed by atoms with Crippen LogP contribution in [-0.4, -0.2) is 33.6 Å². The number of aliphatic imine (C=N–C) groups is 1. The van der Waals surface area contributed by atoms with E-state index in [4.69, 9.17) is 0 Å². The van der Waals surface area contributed by atoms with Crippen LogP contribution in [0.15, 0.2) is 46.8 Å². The lowest BCUT2D eigenvalue weighted by atomic mass is 9.91. The third-order valence-electron chi connectivity index (χ3n) is 4.02. The van der Waals surface area contributed by atoms with Gasteiger partial charge in [-0.05, 0) is 29.1 Å². The number of guanidine groups is 1. The molecule has 0 bridgehead atoms. The Kier molecular flexibility index (Phi) is 8.71. The van der Waals surface area contributed by atoms with Crippen LogP contribution in [0.1, 0.15) is 24.3 Å². The second-order valence-corrected chi connectivity index (χ2v) is 7.65. The summed E-state index contributed by atoms with van der Waals surface area (Å²) in [5.41, 5.74) is 2.53. The average molecular weight is 472 g/mol. The third kappa shape index (κ3) is 6.51. The summed E-state index contributed by atoms with van der Waals surface area (Å²) in [5, 5.41) is 8.94. The van der Waals surface area contributed by atoms with Crippen molar-refractivity contribution < 1.29 is 0 Å². The highest BCUT2D eigenvalue weighted by atomic mass is 127. The van der Waals surface area contributed by atoms with E-state index in [1.165, 1.54) is 16.1 Å². The average Bonchev–Trinajstić information content (AvgIpc) is 3.11. The normalized spacial score (nSPS) is 11.6. The molecule has 2 aromatic rings. The molecule has 0 aliphatic heterocycles. The largest absolute Gasteiger partial charge is 0.378 e. The minimum Gasteiger partial charge on any atom is -0.378 e. The molecule has 25 heavy (non-hydrogen) atoms. The van der Waals surface area contributed by atoms with Crippen LogP contribution >= 0.6 is 35.3 Å². The maximum atomic E-state index is 4.32. The molecule has 2 rings (SSSR count). The zero-order valence-electron chi connectivity index (χ0n) is 15.7. The van der Waals surface area contributed by atoms with Gasteiger partial charge in [0.05, 0.1) is 0 Å². The number of halogens is 1. The number of benzene rings is 1. The number of hydrogen-bond acceptors (Lipinski definition) is 3. The lowest BCUT2D eigenvalue weighted by Gasteiger charge is -2.25. The van der Waals surface area contributed by atoms with Crippen LogP contribution in [0.4, 0.5) is 5.69 Å². The van der Waals surface area contributed by atoms with E-state index < -0.39 is 0 Å². The van der Waals surface area contributed by atoms with Crippen molar-refractivity contribution in [3.05, 3.63) is 52.2 Å². The monoisotopic (exact) mass is 472 g/mol. The molecule has 4 nitrogen and oxygen atoms in total. The van der Waals surface area contributed by atoms with Crippen LogP contribution in [0.25, 0.3) is 0 Å². The third-order valence-corrected chi connectivity index (χ3v) is 5.26. The number of thiophene rings is 1. The maximum absolute atomic E-state index is 4.32. The Hall–Kier alpha value is -1.28. The highest BCUT2D eigenvalue weighted by molar-refractivity contribution is 14.0. The Morgan fingerprint density at radius 2 is 1.80 bits per heavy atom. The topological polar surface area (TPSA) is 39.7 Å². The van der Waals surface area contributed by atoms with Crippen molar-refractivity contribution in [2.45, 2.75) is 25.8 Å². The first kappa shape index (κ1) is 21.8. The zero-order valence-corrected chi connectivity index (χ0v) is 18.8. The summed E-state index contributed by atoms with van der Waals surface area (Å²) in [4.78, 5) is 7.80. The van der Waals surface area contributed by atoms with Gasteiger partial charge in [0.1, 0.15) is 0 Å². The van der Waals surface area contributed by atoms with E-state index in [2.05, 4.69) is 76.2 Å². The summed E-state index contributed by atoms with van der Waals surface area (Å²) in [7, 11) is 5.91. The molecule has 1 aromatic carbocycles. The van der Waals surface area contributed by atoms with Crippen molar-refractivity contribution in [3.8, 4) is 0 Å². The first-order valence-electron chi connectivity index (χ1n) is 8.17. The van der Waals surface area contributed by atoms with E-state index in [0.29, 0.717) is 0 Å². The molecule has 0 aliphatic rings. The summed E-state index contributed by atoms with van der Waals surface area (Å²) in [6.07, 6.45) is 0. The molecule has 0 unspecified atom stereocenters. The van der Waals surface area contributed by atoms with E-state index in [-0.39, 0.29) is 29.4 Å². The van der Waals surface area contributed by atoms with Crippen LogP contribution < -0.4 is 15.5 Å². The predicted octanol–water partition coefficient (Wildman–Crippen LogP) is 4.07. The van der Waals surface area contributed by atoms with Crippen LogP contribution in [0.2, 0.25) is 0 Å². The molecule has 0 spiro atoms. The fourth-order valence-corrected chi connectivity index (χ4v) is 3.23. The smallest absolute Gasteiger partial charge is 0.191 e. The van der Waals surface area contributed by atoms with Gasteiger partial charge in [0.2, 0.25) is 0 Å². The van der Waals surface area contributed by atoms with Crippen molar-refractivity contribution >= 4 is 47.0 Å². The second kappa shape index (κ2) is 10.0. The van der Waals surface area contributed by atoms with E-state index in [0.717, 1.165) is 19.0 Å². The van der Waals surface area contributed by atoms with Gasteiger partial charge < -0.3 is 15.5 Å². The molecular formula is C19H29IN4S. The van der Waals surface area contributed by atoms with Gasteiger partial charge in [0, 0.05) is 50.2 Å². The van der Waals surface area contributed by atoms with Crippen LogP contribution in [0.3, 0.4) is 0 Å². The van der Waals surface area contributed by atoms with E-state index in [9.17, 15) is 0 Å². The van der Waals surface area contributed by atoms with E-state index in [1.54, 1.807) is 11.3 Å². The Labute approximate surface area is 172 Å². The summed E-state index contributed by atoms with van der Waals surface area (Å²) in [6, 6.07) is 12.8. The summed E-state index contributed by atoms with van der Waals surface area (Å²) >= 11 is 1.80. The van der Waals surface area contributed by atoms with Crippen LogP contribution in [0, 0.1) is 0 Å². The lowest BCUT2D eigenvalue weighted by Crippen LogP contribution is -2.42. The Balaban J connectivity index is 0.00000312. The molecule has 0 amide bonds. The molecular weight excluding hydrogens is 443 g/mol. The SMILES string of the molecule is CN=C(NCc1ccc(N(C)C)cc1)NCC(C)(C)c1cccs1.I. The quantitative estimate of drug-likeness (QED) is 0.378. The fraction of sp³-hybridized carbons (Fsp3) is 0.421. The van der Waals surface area contributed by atoms with Gasteiger partial charge >= 0.3 is 0 Å².